The van der Waals surface area contributed by atoms with Crippen molar-refractivity contribution in [2.75, 3.05) is 49.8 Å². The van der Waals surface area contributed by atoms with Crippen molar-refractivity contribution in [2.24, 2.45) is 0 Å². The van der Waals surface area contributed by atoms with Crippen molar-refractivity contribution in [1.29, 1.82) is 0 Å². The van der Waals surface area contributed by atoms with Crippen molar-refractivity contribution in [3.8, 4) is 51.6 Å². The average molecular weight is 432 g/mol. The van der Waals surface area contributed by atoms with Crippen LogP contribution in [0.1, 0.15) is 0 Å². The summed E-state index contributed by atoms with van der Waals surface area (Å²) in [5.74, 6) is 2.36. The normalized spacial score (nSPS) is 10.5. The molecule has 0 aliphatic carbocycles. The van der Waals surface area contributed by atoms with Gasteiger partial charge < -0.3 is 37.6 Å². The van der Waals surface area contributed by atoms with E-state index in [0.717, 1.165) is 0 Å². The molecule has 9 heteroatoms. The molecule has 0 bridgehead atoms. The molecule has 0 radical (unpaired) electrons. The summed E-state index contributed by atoms with van der Waals surface area (Å²) in [5, 5.41) is 0.205. The molecule has 1 aromatic heterocycles. The van der Waals surface area contributed by atoms with Gasteiger partial charge in [0, 0.05) is 18.2 Å². The first-order chi connectivity index (χ1) is 15.0. The van der Waals surface area contributed by atoms with E-state index in [1.165, 1.54) is 55.8 Å². The van der Waals surface area contributed by atoms with Gasteiger partial charge in [-0.15, -0.1) is 0 Å². The van der Waals surface area contributed by atoms with Crippen LogP contribution in [-0.4, -0.2) is 49.8 Å². The van der Waals surface area contributed by atoms with Gasteiger partial charge in [0.1, 0.15) is 22.5 Å². The highest BCUT2D eigenvalue weighted by Gasteiger charge is 2.27. The van der Waals surface area contributed by atoms with Crippen LogP contribution in [0.5, 0.6) is 40.2 Å². The van der Waals surface area contributed by atoms with Crippen LogP contribution in [0.4, 0.5) is 0 Å². The second kappa shape index (κ2) is 8.95. The Hall–Kier alpha value is -3.75. The Labute approximate surface area is 178 Å². The van der Waals surface area contributed by atoms with Crippen molar-refractivity contribution in [3.05, 3.63) is 28.4 Å². The molecule has 166 valence electrons. The Morgan fingerprint density at radius 3 is 1.48 bits per heavy atom. The summed E-state index contributed by atoms with van der Waals surface area (Å²) in [6.07, 6.45) is 0. The van der Waals surface area contributed by atoms with Crippen molar-refractivity contribution < 1.29 is 37.6 Å². The monoisotopic (exact) mass is 432 g/mol. The number of benzene rings is 2. The Morgan fingerprint density at radius 2 is 1.03 bits per heavy atom. The summed E-state index contributed by atoms with van der Waals surface area (Å²) in [5.41, 5.74) is 0.121. The van der Waals surface area contributed by atoms with Crippen LogP contribution in [-0.2, 0) is 0 Å². The maximum absolute atomic E-state index is 13.1. The first-order valence-corrected chi connectivity index (χ1v) is 9.13. The molecule has 3 aromatic rings. The summed E-state index contributed by atoms with van der Waals surface area (Å²) < 4.78 is 44.4. The van der Waals surface area contributed by atoms with E-state index in [1.807, 2.05) is 0 Å². The van der Waals surface area contributed by atoms with Gasteiger partial charge in [-0.2, -0.15) is 0 Å². The van der Waals surface area contributed by atoms with Crippen molar-refractivity contribution in [3.63, 3.8) is 0 Å². The van der Waals surface area contributed by atoms with Gasteiger partial charge in [-0.05, 0) is 0 Å². The van der Waals surface area contributed by atoms with Gasteiger partial charge in [0.25, 0.3) is 0 Å². The maximum Gasteiger partial charge on any atom is 0.205 e. The van der Waals surface area contributed by atoms with Crippen LogP contribution in [0.2, 0.25) is 0 Å². The minimum atomic E-state index is -0.361. The molecule has 0 aliphatic heterocycles. The third-order valence-electron chi connectivity index (χ3n) is 4.79. The molecule has 3 rings (SSSR count). The Balaban J connectivity index is 2.51. The maximum atomic E-state index is 13.1. The molecule has 0 saturated carbocycles. The average Bonchev–Trinajstić information content (AvgIpc) is 2.80. The number of fused-ring (bicyclic) bond motifs is 1. The number of rotatable bonds is 8. The van der Waals surface area contributed by atoms with E-state index >= 15 is 0 Å². The summed E-state index contributed by atoms with van der Waals surface area (Å²) in [6.45, 7) is 0. The highest BCUT2D eigenvalue weighted by molar-refractivity contribution is 5.93. The Morgan fingerprint density at radius 1 is 0.581 bits per heavy atom. The smallest absolute Gasteiger partial charge is 0.205 e. The molecule has 2 aromatic carbocycles. The predicted molar refractivity (Wildman–Crippen MR) is 114 cm³/mol. The zero-order chi connectivity index (χ0) is 22.7. The molecule has 0 fully saturated rings. The fourth-order valence-corrected chi connectivity index (χ4v) is 3.42. The zero-order valence-corrected chi connectivity index (χ0v) is 18.4. The van der Waals surface area contributed by atoms with E-state index in [2.05, 4.69) is 0 Å². The lowest BCUT2D eigenvalue weighted by atomic mass is 10.1. The molecule has 0 aliphatic rings. The van der Waals surface area contributed by atoms with Crippen molar-refractivity contribution in [1.82, 2.24) is 0 Å². The molecular weight excluding hydrogens is 408 g/mol. The van der Waals surface area contributed by atoms with Crippen LogP contribution >= 0.6 is 0 Å². The minimum absolute atomic E-state index is 0.145. The van der Waals surface area contributed by atoms with Crippen LogP contribution in [0.25, 0.3) is 22.3 Å². The summed E-state index contributed by atoms with van der Waals surface area (Å²) in [6, 6.07) is 4.50. The summed E-state index contributed by atoms with van der Waals surface area (Å²) in [4.78, 5) is 13.1. The number of hydrogen-bond donors (Lipinski definition) is 0. The number of ether oxygens (including phenoxy) is 7. The standard InChI is InChI=1S/C22H24O9/c1-24-12-9-16(27-4)21(30-7)22-17(12)11(23)8-13(31-22)18-19(28-5)14(25-2)10-15(26-3)20(18)29-6/h8-10H,1-7H3. The lowest BCUT2D eigenvalue weighted by Gasteiger charge is -2.19. The van der Waals surface area contributed by atoms with Crippen LogP contribution in [0.3, 0.4) is 0 Å². The van der Waals surface area contributed by atoms with E-state index in [-0.39, 0.29) is 33.7 Å². The van der Waals surface area contributed by atoms with Crippen molar-refractivity contribution >= 4 is 11.0 Å². The van der Waals surface area contributed by atoms with Crippen LogP contribution in [0.15, 0.2) is 27.4 Å². The highest BCUT2D eigenvalue weighted by atomic mass is 16.5. The zero-order valence-electron chi connectivity index (χ0n) is 18.4. The lowest BCUT2D eigenvalue weighted by Crippen LogP contribution is -2.06. The van der Waals surface area contributed by atoms with Gasteiger partial charge in [0.2, 0.25) is 5.75 Å². The van der Waals surface area contributed by atoms with Gasteiger partial charge in [-0.25, -0.2) is 0 Å². The van der Waals surface area contributed by atoms with Crippen molar-refractivity contribution in [2.45, 2.75) is 0 Å². The third kappa shape index (κ3) is 3.52. The number of hydrogen-bond acceptors (Lipinski definition) is 9. The third-order valence-corrected chi connectivity index (χ3v) is 4.79. The van der Waals surface area contributed by atoms with E-state index in [1.54, 1.807) is 12.1 Å². The first-order valence-electron chi connectivity index (χ1n) is 9.13. The minimum Gasteiger partial charge on any atom is -0.496 e. The van der Waals surface area contributed by atoms with E-state index < -0.39 is 0 Å². The SMILES string of the molecule is COc1cc(OC)c(OC)c(-c2cc(=O)c3c(OC)cc(OC)c(OC)c3o2)c1OC. The molecule has 0 unspecified atom stereocenters. The summed E-state index contributed by atoms with van der Waals surface area (Å²) in [7, 11) is 10.3. The van der Waals surface area contributed by atoms with Gasteiger partial charge in [0.05, 0.1) is 49.8 Å². The Kier molecular flexibility index (Phi) is 6.33. The molecule has 0 spiro atoms. The fourth-order valence-electron chi connectivity index (χ4n) is 3.42. The van der Waals surface area contributed by atoms with E-state index in [4.69, 9.17) is 37.6 Å². The Bertz CT molecular complexity index is 1130. The van der Waals surface area contributed by atoms with Gasteiger partial charge in [-0.1, -0.05) is 0 Å². The quantitative estimate of drug-likeness (QED) is 0.530. The molecule has 0 saturated heterocycles. The van der Waals surface area contributed by atoms with Gasteiger partial charge in [0.15, 0.2) is 39.8 Å². The largest absolute Gasteiger partial charge is 0.496 e. The highest BCUT2D eigenvalue weighted by Crippen LogP contribution is 2.51. The first kappa shape index (κ1) is 21.9. The molecule has 31 heavy (non-hydrogen) atoms. The van der Waals surface area contributed by atoms with E-state index in [0.29, 0.717) is 34.3 Å². The molecule has 1 heterocycles. The van der Waals surface area contributed by atoms with E-state index in [9.17, 15) is 4.79 Å². The number of methoxy groups -OCH3 is 7. The van der Waals surface area contributed by atoms with Gasteiger partial charge in [-0.3, -0.25) is 4.79 Å². The molecule has 0 atom stereocenters. The fraction of sp³-hybridized carbons (Fsp3) is 0.318. The molecule has 0 N–H and O–H groups in total. The topological polar surface area (TPSA) is 94.8 Å². The second-order valence-corrected chi connectivity index (χ2v) is 6.22. The molecule has 9 nitrogen and oxygen atoms in total. The second-order valence-electron chi connectivity index (χ2n) is 6.22. The lowest BCUT2D eigenvalue weighted by molar-refractivity contribution is 0.329. The van der Waals surface area contributed by atoms with Gasteiger partial charge >= 0.3 is 0 Å². The summed E-state index contributed by atoms with van der Waals surface area (Å²) >= 11 is 0. The van der Waals surface area contributed by atoms with Crippen LogP contribution < -0.4 is 38.6 Å². The van der Waals surface area contributed by atoms with Crippen LogP contribution in [0, 0.1) is 0 Å². The molecular formula is C22H24O9. The molecule has 0 amide bonds. The predicted octanol–water partition coefficient (Wildman–Crippen LogP) is 3.52.